The van der Waals surface area contributed by atoms with Gasteiger partial charge in [0.05, 0.1) is 12.8 Å². The van der Waals surface area contributed by atoms with E-state index in [-0.39, 0.29) is 11.8 Å². The number of hydrogen-bond donors (Lipinski definition) is 3. The maximum absolute atomic E-state index is 13.1. The number of ether oxygens (including phenoxy) is 1. The second kappa shape index (κ2) is 13.4. The van der Waals surface area contributed by atoms with E-state index in [1.807, 2.05) is 36.4 Å². The molecular weight excluding hydrogens is 468 g/mol. The lowest BCUT2D eigenvalue weighted by atomic mass is 9.85. The van der Waals surface area contributed by atoms with E-state index in [0.717, 1.165) is 23.5 Å². The number of aromatic nitrogens is 3. The van der Waals surface area contributed by atoms with E-state index in [0.29, 0.717) is 31.0 Å². The molecule has 3 aromatic rings. The first-order valence-corrected chi connectivity index (χ1v) is 13.0. The number of hydrogen-bond acceptors (Lipinski definition) is 6. The summed E-state index contributed by atoms with van der Waals surface area (Å²) in [4.78, 5) is 30.1. The highest BCUT2D eigenvalue weighted by Gasteiger charge is 2.23. The van der Waals surface area contributed by atoms with E-state index >= 15 is 0 Å². The Labute approximate surface area is 218 Å². The van der Waals surface area contributed by atoms with Gasteiger partial charge in [0.15, 0.2) is 0 Å². The van der Waals surface area contributed by atoms with Gasteiger partial charge in [-0.05, 0) is 67.3 Å². The summed E-state index contributed by atoms with van der Waals surface area (Å²) in [7, 11) is 1.63. The molecule has 1 fully saturated rings. The van der Waals surface area contributed by atoms with Crippen molar-refractivity contribution in [2.75, 3.05) is 25.5 Å². The van der Waals surface area contributed by atoms with Crippen LogP contribution in [-0.2, 0) is 4.79 Å². The van der Waals surface area contributed by atoms with E-state index in [1.54, 1.807) is 30.3 Å². The van der Waals surface area contributed by atoms with Gasteiger partial charge >= 0.3 is 0 Å². The van der Waals surface area contributed by atoms with Crippen LogP contribution in [0.1, 0.15) is 55.3 Å². The molecule has 1 aliphatic carbocycles. The fraction of sp³-hybridized carbons (Fsp3) is 0.429. The van der Waals surface area contributed by atoms with E-state index in [4.69, 9.17) is 4.74 Å². The number of methoxy groups -OCH3 is 1. The lowest BCUT2D eigenvalue weighted by molar-refractivity contribution is -0.123. The van der Waals surface area contributed by atoms with E-state index in [1.165, 1.54) is 38.4 Å². The monoisotopic (exact) mass is 504 g/mol. The van der Waals surface area contributed by atoms with Crippen LogP contribution in [0, 0.1) is 5.92 Å². The molecule has 0 aliphatic heterocycles. The van der Waals surface area contributed by atoms with Crippen LogP contribution in [0.25, 0.3) is 5.69 Å². The zero-order chi connectivity index (χ0) is 25.9. The van der Waals surface area contributed by atoms with Crippen molar-refractivity contribution in [1.82, 2.24) is 25.4 Å². The van der Waals surface area contributed by atoms with Gasteiger partial charge in [-0.2, -0.15) is 5.10 Å². The third-order valence-corrected chi connectivity index (χ3v) is 6.87. The van der Waals surface area contributed by atoms with Crippen LogP contribution < -0.4 is 20.7 Å². The first-order chi connectivity index (χ1) is 18.1. The molecule has 1 unspecified atom stereocenters. The van der Waals surface area contributed by atoms with Gasteiger partial charge in [-0.1, -0.05) is 32.1 Å². The molecule has 37 heavy (non-hydrogen) atoms. The van der Waals surface area contributed by atoms with Crippen LogP contribution in [0.15, 0.2) is 61.2 Å². The highest BCUT2D eigenvalue weighted by Crippen LogP contribution is 2.27. The number of rotatable bonds is 12. The Hall–Kier alpha value is -3.88. The van der Waals surface area contributed by atoms with E-state index in [9.17, 15) is 9.59 Å². The molecule has 9 heteroatoms. The Morgan fingerprint density at radius 1 is 1.03 bits per heavy atom. The summed E-state index contributed by atoms with van der Waals surface area (Å²) < 4.78 is 6.81. The van der Waals surface area contributed by atoms with Gasteiger partial charge in [-0.25, -0.2) is 9.67 Å². The van der Waals surface area contributed by atoms with Crippen molar-refractivity contribution in [3.8, 4) is 11.4 Å². The van der Waals surface area contributed by atoms with Crippen molar-refractivity contribution >= 4 is 17.5 Å². The molecule has 3 N–H and O–H groups in total. The Bertz CT molecular complexity index is 1110. The predicted molar refractivity (Wildman–Crippen MR) is 143 cm³/mol. The molecule has 1 heterocycles. The summed E-state index contributed by atoms with van der Waals surface area (Å²) in [5.74, 6) is 1.01. The summed E-state index contributed by atoms with van der Waals surface area (Å²) in [6, 6.07) is 14.2. The smallest absolute Gasteiger partial charge is 0.251 e. The average Bonchev–Trinajstić information content (AvgIpc) is 3.49. The molecule has 1 aliphatic rings. The van der Waals surface area contributed by atoms with Crippen LogP contribution in [0.4, 0.5) is 5.69 Å². The molecule has 9 nitrogen and oxygen atoms in total. The van der Waals surface area contributed by atoms with Crippen molar-refractivity contribution in [3.63, 3.8) is 0 Å². The minimum atomic E-state index is -0.578. The lowest BCUT2D eigenvalue weighted by Crippen LogP contribution is -2.47. The third-order valence-electron chi connectivity index (χ3n) is 6.87. The minimum Gasteiger partial charge on any atom is -0.497 e. The fourth-order valence-corrected chi connectivity index (χ4v) is 4.72. The molecule has 0 spiro atoms. The van der Waals surface area contributed by atoms with Crippen LogP contribution in [0.3, 0.4) is 0 Å². The number of anilines is 1. The van der Waals surface area contributed by atoms with E-state index in [2.05, 4.69) is 26.0 Å². The minimum absolute atomic E-state index is 0.153. The van der Waals surface area contributed by atoms with Crippen molar-refractivity contribution in [3.05, 3.63) is 66.7 Å². The number of amides is 2. The van der Waals surface area contributed by atoms with Crippen molar-refractivity contribution < 1.29 is 14.3 Å². The lowest BCUT2D eigenvalue weighted by Gasteiger charge is -2.24. The number of nitrogens with zero attached hydrogens (tertiary/aromatic N) is 3. The zero-order valence-corrected chi connectivity index (χ0v) is 21.4. The summed E-state index contributed by atoms with van der Waals surface area (Å²) in [5, 5.41) is 13.4. The second-order valence-corrected chi connectivity index (χ2v) is 9.44. The largest absolute Gasteiger partial charge is 0.497 e. The first-order valence-electron chi connectivity index (χ1n) is 13.0. The second-order valence-electron chi connectivity index (χ2n) is 9.44. The van der Waals surface area contributed by atoms with Crippen molar-refractivity contribution in [1.29, 1.82) is 0 Å². The number of carbonyl (C=O) groups excluding carboxylic acids is 2. The van der Waals surface area contributed by atoms with Gasteiger partial charge in [-0.3, -0.25) is 9.59 Å². The normalized spacial score (nSPS) is 14.5. The van der Waals surface area contributed by atoms with Crippen molar-refractivity contribution in [2.45, 2.75) is 51.0 Å². The molecule has 1 saturated carbocycles. The molecule has 1 aromatic heterocycles. The number of benzene rings is 2. The molecule has 2 amide bonds. The molecule has 0 bridgehead atoms. The van der Waals surface area contributed by atoms with Crippen LogP contribution in [0.2, 0.25) is 0 Å². The molecule has 0 radical (unpaired) electrons. The Kier molecular flexibility index (Phi) is 9.51. The number of nitrogens with one attached hydrogen (secondary N) is 3. The highest BCUT2D eigenvalue weighted by molar-refractivity contribution is 5.97. The molecule has 4 rings (SSSR count). The quantitative estimate of drug-likeness (QED) is 0.322. The first kappa shape index (κ1) is 26.2. The molecule has 1 atom stereocenters. The standard InChI is InChI=1S/C28H36N6O3/c1-37-25-14-10-23(11-15-25)30-17-18-31-28(36)26(16-7-21-5-3-2-4-6-21)33-27(35)22-8-12-24(13-9-22)34-20-29-19-32-34/h8-15,19-21,26,30H,2-7,16-18H2,1H3,(H,31,36)(H,33,35). The summed E-state index contributed by atoms with van der Waals surface area (Å²) in [6.07, 6.45) is 10.8. The fourth-order valence-electron chi connectivity index (χ4n) is 4.72. The molecule has 196 valence electrons. The maximum atomic E-state index is 13.1. The maximum Gasteiger partial charge on any atom is 0.251 e. The topological polar surface area (TPSA) is 110 Å². The van der Waals surface area contributed by atoms with Gasteiger partial charge < -0.3 is 20.7 Å². The summed E-state index contributed by atoms with van der Waals surface area (Å²) in [5.41, 5.74) is 2.26. The van der Waals surface area contributed by atoms with E-state index < -0.39 is 6.04 Å². The molecule has 2 aromatic carbocycles. The average molecular weight is 505 g/mol. The SMILES string of the molecule is COc1ccc(NCCNC(=O)C(CCC2CCCCC2)NC(=O)c2ccc(-n3cncn3)cc2)cc1. The van der Waals surface area contributed by atoms with Gasteiger partial charge in [-0.15, -0.1) is 0 Å². The molecular formula is C28H36N6O3. The summed E-state index contributed by atoms with van der Waals surface area (Å²) >= 11 is 0. The van der Waals surface area contributed by atoms with Crippen LogP contribution in [0.5, 0.6) is 5.75 Å². The van der Waals surface area contributed by atoms with Gasteiger partial charge in [0, 0.05) is 24.3 Å². The van der Waals surface area contributed by atoms with Crippen molar-refractivity contribution in [2.24, 2.45) is 5.92 Å². The van der Waals surface area contributed by atoms with Crippen LogP contribution in [-0.4, -0.2) is 52.8 Å². The zero-order valence-electron chi connectivity index (χ0n) is 21.4. The Morgan fingerprint density at radius 2 is 1.78 bits per heavy atom. The third kappa shape index (κ3) is 7.80. The molecule has 0 saturated heterocycles. The number of carbonyl (C=O) groups is 2. The van der Waals surface area contributed by atoms with Crippen LogP contribution >= 0.6 is 0 Å². The Balaban J connectivity index is 1.32. The summed E-state index contributed by atoms with van der Waals surface area (Å²) in [6.45, 7) is 1.03. The Morgan fingerprint density at radius 3 is 2.46 bits per heavy atom. The van der Waals surface area contributed by atoms with Gasteiger partial charge in [0.2, 0.25) is 5.91 Å². The highest BCUT2D eigenvalue weighted by atomic mass is 16.5. The van der Waals surface area contributed by atoms with Gasteiger partial charge in [0.1, 0.15) is 24.4 Å². The predicted octanol–water partition coefficient (Wildman–Crippen LogP) is 3.96. The van der Waals surface area contributed by atoms with Gasteiger partial charge in [0.25, 0.3) is 5.91 Å².